The SMILES string of the molecule is Cn1cc(CCCC2CCN(c3ncc(C(=O)CO)cn3)CC2)c2cc([N+](=O)[O-])ccc21.F.F.OOC#CF. The van der Waals surface area contributed by atoms with Crippen molar-refractivity contribution in [1.29, 1.82) is 0 Å². The van der Waals surface area contributed by atoms with E-state index in [0.717, 1.165) is 67.8 Å². The molecule has 2 N–H and O–H groups in total. The van der Waals surface area contributed by atoms with Crippen molar-refractivity contribution < 1.29 is 38.8 Å². The van der Waals surface area contributed by atoms with Gasteiger partial charge in [0.15, 0.2) is 18.1 Å². The molecule has 0 radical (unpaired) electrons. The van der Waals surface area contributed by atoms with Gasteiger partial charge in [-0.05, 0) is 49.7 Å². The first-order valence-electron chi connectivity index (χ1n) is 11.7. The first kappa shape index (κ1) is 32.8. The summed E-state index contributed by atoms with van der Waals surface area (Å²) in [5, 5.41) is 28.2. The molecule has 0 aliphatic carbocycles. The lowest BCUT2D eigenvalue weighted by atomic mass is 9.91. The highest BCUT2D eigenvalue weighted by molar-refractivity contribution is 5.96. The van der Waals surface area contributed by atoms with Crippen LogP contribution in [0.5, 0.6) is 0 Å². The van der Waals surface area contributed by atoms with E-state index in [9.17, 15) is 19.3 Å². The molecule has 39 heavy (non-hydrogen) atoms. The summed E-state index contributed by atoms with van der Waals surface area (Å²) in [5.74, 6) is 0.872. The second kappa shape index (κ2) is 15.9. The molecule has 1 aliphatic heterocycles. The molecule has 0 atom stereocenters. The van der Waals surface area contributed by atoms with Gasteiger partial charge >= 0.3 is 0 Å². The molecule has 3 aromatic rings. The third kappa shape index (κ3) is 8.66. The summed E-state index contributed by atoms with van der Waals surface area (Å²) in [4.78, 5) is 35.9. The van der Waals surface area contributed by atoms with E-state index >= 15 is 0 Å². The van der Waals surface area contributed by atoms with E-state index in [-0.39, 0.29) is 25.8 Å². The monoisotopic (exact) mass is 553 g/mol. The number of carbonyl (C=O) groups is 1. The number of aliphatic hydroxyl groups is 1. The maximum Gasteiger partial charge on any atom is 0.270 e. The highest BCUT2D eigenvalue weighted by atomic mass is 19.1. The van der Waals surface area contributed by atoms with E-state index in [1.807, 2.05) is 17.7 Å². The number of fused-ring (bicyclic) bond motifs is 1. The van der Waals surface area contributed by atoms with Gasteiger partial charge in [0.2, 0.25) is 5.95 Å². The lowest BCUT2D eigenvalue weighted by Crippen LogP contribution is -2.35. The number of halogens is 3. The van der Waals surface area contributed by atoms with E-state index in [1.165, 1.54) is 18.5 Å². The number of nitrogens with zero attached hydrogens (tertiary/aromatic N) is 5. The van der Waals surface area contributed by atoms with Crippen molar-refractivity contribution in [3.8, 4) is 12.3 Å². The molecule has 3 heterocycles. The molecule has 1 aromatic carbocycles. The van der Waals surface area contributed by atoms with Crippen LogP contribution in [0.3, 0.4) is 0 Å². The fraction of sp³-hybridized carbons (Fsp3) is 0.400. The lowest BCUT2D eigenvalue weighted by Gasteiger charge is -2.32. The van der Waals surface area contributed by atoms with Gasteiger partial charge in [0, 0.05) is 61.8 Å². The summed E-state index contributed by atoms with van der Waals surface area (Å²) in [6.45, 7) is 1.21. The fourth-order valence-electron chi connectivity index (χ4n) is 4.51. The second-order valence-electron chi connectivity index (χ2n) is 8.69. The Morgan fingerprint density at radius 2 is 1.92 bits per heavy atom. The van der Waals surface area contributed by atoms with Gasteiger partial charge in [-0.3, -0.25) is 29.2 Å². The van der Waals surface area contributed by atoms with E-state index in [4.69, 9.17) is 10.4 Å². The van der Waals surface area contributed by atoms with Gasteiger partial charge in [-0.15, -0.1) is 4.39 Å². The molecule has 1 aliphatic rings. The van der Waals surface area contributed by atoms with Gasteiger partial charge in [-0.2, -0.15) is 5.26 Å². The molecular formula is C25H30F3N5O6. The number of piperidine rings is 1. The van der Waals surface area contributed by atoms with E-state index < -0.39 is 6.61 Å². The minimum absolute atomic E-state index is 0. The second-order valence-corrected chi connectivity index (χ2v) is 8.69. The van der Waals surface area contributed by atoms with Gasteiger partial charge in [0.05, 0.1) is 10.5 Å². The van der Waals surface area contributed by atoms with Crippen LogP contribution in [0.4, 0.5) is 25.4 Å². The van der Waals surface area contributed by atoms with Crippen LogP contribution in [0.25, 0.3) is 10.9 Å². The zero-order valence-corrected chi connectivity index (χ0v) is 21.2. The number of nitro benzene ring substituents is 1. The Morgan fingerprint density at radius 3 is 2.46 bits per heavy atom. The Kier molecular flexibility index (Phi) is 13.4. The molecule has 1 saturated heterocycles. The van der Waals surface area contributed by atoms with Crippen molar-refractivity contribution in [2.45, 2.75) is 32.1 Å². The number of non-ortho nitro benzene ring substituents is 1. The fourth-order valence-corrected chi connectivity index (χ4v) is 4.51. The number of anilines is 1. The Balaban J connectivity index is 0.000000998. The largest absolute Gasteiger partial charge is 0.388 e. The molecule has 11 nitrogen and oxygen atoms in total. The molecule has 0 bridgehead atoms. The van der Waals surface area contributed by atoms with Crippen molar-refractivity contribution in [1.82, 2.24) is 14.5 Å². The highest BCUT2D eigenvalue weighted by Crippen LogP contribution is 2.29. The average Bonchev–Trinajstić information content (AvgIpc) is 3.24. The summed E-state index contributed by atoms with van der Waals surface area (Å²) in [6.07, 6.45) is 12.3. The predicted octanol–water partition coefficient (Wildman–Crippen LogP) is 3.96. The number of ketones is 1. The van der Waals surface area contributed by atoms with Crippen molar-refractivity contribution in [3.63, 3.8) is 0 Å². The number of rotatable bonds is 8. The van der Waals surface area contributed by atoms with Gasteiger partial charge in [-0.1, -0.05) is 0 Å². The Bertz CT molecular complexity index is 1290. The number of aromatic nitrogens is 3. The van der Waals surface area contributed by atoms with Gasteiger partial charge in [0.25, 0.3) is 5.69 Å². The molecule has 212 valence electrons. The zero-order valence-electron chi connectivity index (χ0n) is 21.2. The van der Waals surface area contributed by atoms with Crippen LogP contribution in [0.1, 0.15) is 41.6 Å². The first-order valence-corrected chi connectivity index (χ1v) is 11.7. The summed E-state index contributed by atoms with van der Waals surface area (Å²) in [5.41, 5.74) is 2.64. The zero-order chi connectivity index (χ0) is 26.8. The minimum atomic E-state index is -0.538. The molecule has 14 heteroatoms. The third-order valence-corrected chi connectivity index (χ3v) is 6.41. The van der Waals surface area contributed by atoms with Crippen molar-refractivity contribution >= 4 is 28.3 Å². The molecule has 4 rings (SSSR count). The summed E-state index contributed by atoms with van der Waals surface area (Å²) < 4.78 is 12.4. The van der Waals surface area contributed by atoms with Crippen LogP contribution >= 0.6 is 0 Å². The number of benzene rings is 1. The van der Waals surface area contributed by atoms with Gasteiger partial charge in [-0.25, -0.2) is 9.97 Å². The van der Waals surface area contributed by atoms with Gasteiger partial charge in [0.1, 0.15) is 6.61 Å². The molecule has 1 fully saturated rings. The predicted molar refractivity (Wildman–Crippen MR) is 139 cm³/mol. The molecule has 0 spiro atoms. The topological polar surface area (TPSA) is 144 Å². The number of carbonyl (C=O) groups excluding carboxylic acids is 1. The smallest absolute Gasteiger partial charge is 0.270 e. The van der Waals surface area contributed by atoms with E-state index in [1.54, 1.807) is 12.1 Å². The number of hydrogen-bond donors (Lipinski definition) is 2. The number of hydrogen-bond acceptors (Lipinski definition) is 9. The van der Waals surface area contributed by atoms with E-state index in [2.05, 4.69) is 26.0 Å². The van der Waals surface area contributed by atoms with Gasteiger partial charge < -0.3 is 14.6 Å². The van der Waals surface area contributed by atoms with Crippen LogP contribution in [-0.2, 0) is 18.4 Å². The third-order valence-electron chi connectivity index (χ3n) is 6.41. The first-order chi connectivity index (χ1) is 17.9. The molecule has 0 unspecified atom stereocenters. The van der Waals surface area contributed by atoms with Crippen molar-refractivity contribution in [2.24, 2.45) is 13.0 Å². The van der Waals surface area contributed by atoms with Crippen LogP contribution in [0, 0.1) is 28.3 Å². The molecule has 2 aromatic heterocycles. The lowest BCUT2D eigenvalue weighted by molar-refractivity contribution is -0.384. The molecule has 0 saturated carbocycles. The average molecular weight is 554 g/mol. The number of aryl methyl sites for hydroxylation is 2. The maximum absolute atomic E-state index is 11.5. The molecule has 0 amide bonds. The van der Waals surface area contributed by atoms with Crippen LogP contribution in [0.15, 0.2) is 36.8 Å². The normalized spacial score (nSPS) is 12.7. The Labute approximate surface area is 222 Å². The standard InChI is InChI=1S/C23H27N5O4.C2HFO2.2FH/c1-26-14-17(20-11-19(28(31)32)5-6-21(20)26)4-2-3-16-7-9-27(10-8-16)23-24-12-18(13-25-23)22(30)15-29;3-1-2-5-4;;/h5-6,11-14,16,29H,2-4,7-10,15H2,1H3;4H;2*1H. The van der Waals surface area contributed by atoms with Crippen LogP contribution in [0.2, 0.25) is 0 Å². The van der Waals surface area contributed by atoms with Crippen LogP contribution < -0.4 is 4.90 Å². The molecular weight excluding hydrogens is 523 g/mol. The van der Waals surface area contributed by atoms with E-state index in [0.29, 0.717) is 17.4 Å². The Hall–Kier alpha value is -4.22. The quantitative estimate of drug-likeness (QED) is 0.139. The Morgan fingerprint density at radius 1 is 1.26 bits per heavy atom. The number of nitro groups is 1. The number of Topliss-reactive ketones (excluding diaryl/α,β-unsaturated/α-hetero) is 1. The maximum atomic E-state index is 11.5. The summed E-state index contributed by atoms with van der Waals surface area (Å²) >= 11 is 0. The minimum Gasteiger partial charge on any atom is -0.388 e. The van der Waals surface area contributed by atoms with Crippen LogP contribution in [-0.4, -0.2) is 55.3 Å². The summed E-state index contributed by atoms with van der Waals surface area (Å²) in [7, 11) is 1.97. The summed E-state index contributed by atoms with van der Waals surface area (Å²) in [6, 6.07) is 5.06. The highest BCUT2D eigenvalue weighted by Gasteiger charge is 2.21. The van der Waals surface area contributed by atoms with Crippen molar-refractivity contribution in [3.05, 3.63) is 58.0 Å². The van der Waals surface area contributed by atoms with Crippen molar-refractivity contribution in [2.75, 3.05) is 24.6 Å². The number of aliphatic hydroxyl groups excluding tert-OH is 1.